The van der Waals surface area contributed by atoms with E-state index in [1.807, 2.05) is 0 Å². The Labute approximate surface area is 152 Å². The third kappa shape index (κ3) is 2.24. The fourth-order valence-electron chi connectivity index (χ4n) is 3.95. The topological polar surface area (TPSA) is 14.0 Å². The maximum atomic E-state index is 2.50. The van der Waals surface area contributed by atoms with E-state index in [4.69, 9.17) is 0 Å². The number of pyridine rings is 1. The quantitative estimate of drug-likeness (QED) is 0.403. The van der Waals surface area contributed by atoms with Gasteiger partial charge in [-0.3, -0.25) is 0 Å². The Balaban J connectivity index is 1.85. The van der Waals surface area contributed by atoms with E-state index in [0.29, 0.717) is 0 Å². The number of nitrogens with zero attached hydrogens (tertiary/aromatic N) is 3. The first-order valence-corrected chi connectivity index (χ1v) is 9.35. The average molecular weight is 340 g/mol. The van der Waals surface area contributed by atoms with Gasteiger partial charge in [0.1, 0.15) is 17.4 Å². The molecule has 0 radical (unpaired) electrons. The average Bonchev–Trinajstić information content (AvgIpc) is 3.26. The molecule has 5 rings (SSSR count). The summed E-state index contributed by atoms with van der Waals surface area (Å²) in [4.78, 5) is 0. The Morgan fingerprint density at radius 3 is 2.54 bits per heavy atom. The van der Waals surface area contributed by atoms with Gasteiger partial charge in [0.2, 0.25) is 0 Å². The van der Waals surface area contributed by atoms with Gasteiger partial charge in [0.05, 0.1) is 6.20 Å². The van der Waals surface area contributed by atoms with Crippen molar-refractivity contribution >= 4 is 27.3 Å². The minimum absolute atomic E-state index is 1.05. The summed E-state index contributed by atoms with van der Waals surface area (Å²) in [6, 6.07) is 21.5. The normalized spacial score (nSPS) is 11.7. The molecule has 0 unspecified atom stereocenters. The molecule has 0 aliphatic heterocycles. The number of benzene rings is 2. The Bertz CT molecular complexity index is 1210. The van der Waals surface area contributed by atoms with Crippen molar-refractivity contribution in [3.63, 3.8) is 0 Å². The molecule has 3 aromatic heterocycles. The van der Waals surface area contributed by atoms with Gasteiger partial charge in [0.25, 0.3) is 6.33 Å². The van der Waals surface area contributed by atoms with Gasteiger partial charge in [-0.1, -0.05) is 49.7 Å². The van der Waals surface area contributed by atoms with E-state index in [0.717, 1.165) is 6.54 Å². The molecule has 0 fully saturated rings. The van der Waals surface area contributed by atoms with E-state index in [9.17, 15) is 0 Å². The molecule has 0 aliphatic rings. The zero-order valence-corrected chi connectivity index (χ0v) is 15.0. The standard InChI is InChI=1S/C23H22N3/c1-2-3-14-26-21-12-8-7-11-19(21)20-13-15-24-17-25(16-22(24)23(20)26)18-9-5-4-6-10-18/h4-13,15-17H,2-3,14H2,1H3/q+1. The van der Waals surface area contributed by atoms with Crippen LogP contribution in [0.15, 0.2) is 79.4 Å². The molecule has 0 bridgehead atoms. The van der Waals surface area contributed by atoms with Crippen LogP contribution in [0.5, 0.6) is 0 Å². The first-order valence-electron chi connectivity index (χ1n) is 9.35. The van der Waals surface area contributed by atoms with Crippen LogP contribution < -0.4 is 4.40 Å². The molecule has 0 N–H and O–H groups in total. The number of para-hydroxylation sites is 2. The van der Waals surface area contributed by atoms with Gasteiger partial charge in [0.15, 0.2) is 5.52 Å². The molecule has 128 valence electrons. The van der Waals surface area contributed by atoms with Gasteiger partial charge in [-0.25, -0.2) is 8.97 Å². The molecule has 0 atom stereocenters. The lowest BCUT2D eigenvalue weighted by Crippen LogP contribution is -2.18. The maximum absolute atomic E-state index is 2.50. The van der Waals surface area contributed by atoms with Gasteiger partial charge >= 0.3 is 0 Å². The third-order valence-corrected chi connectivity index (χ3v) is 5.23. The largest absolute Gasteiger partial charge is 0.337 e. The molecule has 0 aliphatic carbocycles. The molecule has 5 aromatic rings. The van der Waals surface area contributed by atoms with Crippen LogP contribution >= 0.6 is 0 Å². The van der Waals surface area contributed by atoms with Gasteiger partial charge < -0.3 is 4.57 Å². The summed E-state index contributed by atoms with van der Waals surface area (Å²) in [5.41, 5.74) is 5.09. The van der Waals surface area contributed by atoms with E-state index >= 15 is 0 Å². The van der Waals surface area contributed by atoms with Crippen molar-refractivity contribution in [2.45, 2.75) is 26.3 Å². The molecule has 0 saturated heterocycles. The molecule has 3 nitrogen and oxygen atoms in total. The number of aryl methyl sites for hydroxylation is 1. The minimum atomic E-state index is 1.05. The van der Waals surface area contributed by atoms with Crippen LogP contribution in [-0.2, 0) is 6.54 Å². The van der Waals surface area contributed by atoms with Crippen molar-refractivity contribution in [2.75, 3.05) is 0 Å². The van der Waals surface area contributed by atoms with Crippen molar-refractivity contribution in [1.29, 1.82) is 0 Å². The number of fused-ring (bicyclic) bond motifs is 5. The van der Waals surface area contributed by atoms with Gasteiger partial charge in [0, 0.05) is 22.8 Å². The molecule has 3 heterocycles. The summed E-state index contributed by atoms with van der Waals surface area (Å²) < 4.78 is 6.94. The second-order valence-corrected chi connectivity index (χ2v) is 6.88. The highest BCUT2D eigenvalue weighted by molar-refractivity contribution is 6.11. The third-order valence-electron chi connectivity index (χ3n) is 5.23. The Morgan fingerprint density at radius 2 is 1.69 bits per heavy atom. The molecule has 2 aromatic carbocycles. The molecule has 0 amide bonds. The van der Waals surface area contributed by atoms with E-state index in [1.54, 1.807) is 0 Å². The van der Waals surface area contributed by atoms with Crippen LogP contribution in [0.4, 0.5) is 0 Å². The van der Waals surface area contributed by atoms with Crippen LogP contribution in [0, 0.1) is 0 Å². The highest BCUT2D eigenvalue weighted by Gasteiger charge is 2.18. The highest BCUT2D eigenvalue weighted by atomic mass is 15.1. The lowest BCUT2D eigenvalue weighted by atomic mass is 10.2. The van der Waals surface area contributed by atoms with Crippen LogP contribution in [0.3, 0.4) is 0 Å². The minimum Gasteiger partial charge on any atom is -0.337 e. The molecule has 26 heavy (non-hydrogen) atoms. The maximum Gasteiger partial charge on any atom is 0.254 e. The summed E-state index contributed by atoms with van der Waals surface area (Å²) in [5, 5.41) is 2.68. The first-order chi connectivity index (χ1) is 12.9. The van der Waals surface area contributed by atoms with Crippen molar-refractivity contribution in [2.24, 2.45) is 0 Å². The van der Waals surface area contributed by atoms with Gasteiger partial charge in [-0.05, 0) is 30.7 Å². The van der Waals surface area contributed by atoms with E-state index in [1.165, 1.54) is 45.9 Å². The Morgan fingerprint density at radius 1 is 0.885 bits per heavy atom. The summed E-state index contributed by atoms with van der Waals surface area (Å²) in [6.45, 7) is 3.31. The smallest absolute Gasteiger partial charge is 0.254 e. The molecular formula is C23H22N3+. The SMILES string of the molecule is CCCCn1c2ccccc2c2cc[n+]3cn(-c4ccccc4)cc3c21. The lowest BCUT2D eigenvalue weighted by Gasteiger charge is -2.05. The second kappa shape index (κ2) is 6.03. The van der Waals surface area contributed by atoms with Crippen LogP contribution in [0.1, 0.15) is 19.8 Å². The van der Waals surface area contributed by atoms with Gasteiger partial charge in [-0.2, -0.15) is 0 Å². The van der Waals surface area contributed by atoms with Crippen molar-refractivity contribution in [3.8, 4) is 5.69 Å². The molecular weight excluding hydrogens is 318 g/mol. The van der Waals surface area contributed by atoms with E-state index < -0.39 is 0 Å². The van der Waals surface area contributed by atoms with Crippen molar-refractivity contribution in [3.05, 3.63) is 79.4 Å². The summed E-state index contributed by atoms with van der Waals surface area (Å²) in [6.07, 6.45) is 8.97. The molecule has 3 heteroatoms. The monoisotopic (exact) mass is 340 g/mol. The number of unbranched alkanes of at least 4 members (excludes halogenated alkanes) is 1. The first kappa shape index (κ1) is 15.2. The lowest BCUT2D eigenvalue weighted by molar-refractivity contribution is -0.510. The number of aromatic nitrogens is 3. The van der Waals surface area contributed by atoms with E-state index in [2.05, 4.69) is 99.8 Å². The van der Waals surface area contributed by atoms with Crippen LogP contribution in [0.25, 0.3) is 33.0 Å². The zero-order chi connectivity index (χ0) is 17.5. The fourth-order valence-corrected chi connectivity index (χ4v) is 3.95. The van der Waals surface area contributed by atoms with Crippen LogP contribution in [-0.4, -0.2) is 9.13 Å². The summed E-state index contributed by atoms with van der Waals surface area (Å²) in [5.74, 6) is 0. The number of hydrogen-bond acceptors (Lipinski definition) is 0. The molecule has 0 spiro atoms. The van der Waals surface area contributed by atoms with Crippen LogP contribution in [0.2, 0.25) is 0 Å². The number of imidazole rings is 1. The predicted molar refractivity (Wildman–Crippen MR) is 107 cm³/mol. The van der Waals surface area contributed by atoms with E-state index in [-0.39, 0.29) is 0 Å². The number of rotatable bonds is 4. The summed E-state index contributed by atoms with van der Waals surface area (Å²) >= 11 is 0. The van der Waals surface area contributed by atoms with Crippen molar-refractivity contribution in [1.82, 2.24) is 9.13 Å². The Kier molecular flexibility index (Phi) is 3.52. The Hall–Kier alpha value is -3.07. The van der Waals surface area contributed by atoms with Gasteiger partial charge in [-0.15, -0.1) is 0 Å². The van der Waals surface area contributed by atoms with Crippen molar-refractivity contribution < 1.29 is 4.40 Å². The second-order valence-electron chi connectivity index (χ2n) is 6.88. The highest BCUT2D eigenvalue weighted by Crippen LogP contribution is 2.31. The fraction of sp³-hybridized carbons (Fsp3) is 0.174. The molecule has 0 saturated carbocycles. The zero-order valence-electron chi connectivity index (χ0n) is 15.0. The number of hydrogen-bond donors (Lipinski definition) is 0. The summed E-state index contributed by atoms with van der Waals surface area (Å²) in [7, 11) is 0. The predicted octanol–water partition coefficient (Wildman–Crippen LogP) is 5.12.